The van der Waals surface area contributed by atoms with E-state index >= 15 is 0 Å². The Balaban J connectivity index is 3.07. The fourth-order valence-corrected chi connectivity index (χ4v) is 3.03. The molecule has 1 heterocycles. The molecule has 1 atom stereocenters. The van der Waals surface area contributed by atoms with Crippen molar-refractivity contribution in [1.82, 2.24) is 9.71 Å². The molecule has 80 valence electrons. The van der Waals surface area contributed by atoms with E-state index in [2.05, 4.69) is 9.71 Å². The lowest BCUT2D eigenvalue weighted by atomic mass is 10.4. The SMILES string of the molecule is CNS(=O)(=O)C(C)c1nc(C)c(C)s1. The molecule has 0 saturated carbocycles. The van der Waals surface area contributed by atoms with Gasteiger partial charge in [-0.3, -0.25) is 0 Å². The fraction of sp³-hybridized carbons (Fsp3) is 0.625. The van der Waals surface area contributed by atoms with Gasteiger partial charge in [-0.05, 0) is 27.8 Å². The summed E-state index contributed by atoms with van der Waals surface area (Å²) < 4.78 is 25.3. The molecule has 1 aromatic heterocycles. The zero-order valence-electron chi connectivity index (χ0n) is 8.66. The van der Waals surface area contributed by atoms with E-state index in [4.69, 9.17) is 0 Å². The molecule has 6 heteroatoms. The third-order valence-electron chi connectivity index (χ3n) is 2.14. The Hall–Kier alpha value is -0.460. The highest BCUT2D eigenvalue weighted by Crippen LogP contribution is 2.27. The zero-order valence-corrected chi connectivity index (χ0v) is 10.3. The number of nitrogens with one attached hydrogen (secondary N) is 1. The van der Waals surface area contributed by atoms with Gasteiger partial charge in [0.2, 0.25) is 10.0 Å². The number of nitrogens with zero attached hydrogens (tertiary/aromatic N) is 1. The normalized spacial score (nSPS) is 14.3. The molecule has 0 aliphatic heterocycles. The summed E-state index contributed by atoms with van der Waals surface area (Å²) >= 11 is 1.43. The molecule has 0 spiro atoms. The van der Waals surface area contributed by atoms with Gasteiger partial charge in [0.05, 0.1) is 5.69 Å². The van der Waals surface area contributed by atoms with E-state index in [-0.39, 0.29) is 0 Å². The topological polar surface area (TPSA) is 59.1 Å². The molecule has 0 saturated heterocycles. The highest BCUT2D eigenvalue weighted by molar-refractivity contribution is 7.89. The van der Waals surface area contributed by atoms with Crippen LogP contribution in [0.4, 0.5) is 0 Å². The predicted molar refractivity (Wildman–Crippen MR) is 58.0 cm³/mol. The Morgan fingerprint density at radius 2 is 2.00 bits per heavy atom. The highest BCUT2D eigenvalue weighted by atomic mass is 32.2. The van der Waals surface area contributed by atoms with Crippen molar-refractivity contribution in [2.24, 2.45) is 0 Å². The smallest absolute Gasteiger partial charge is 0.220 e. The Bertz CT molecular complexity index is 403. The predicted octanol–water partition coefficient (Wildman–Crippen LogP) is 1.37. The van der Waals surface area contributed by atoms with Gasteiger partial charge in [-0.25, -0.2) is 18.1 Å². The zero-order chi connectivity index (χ0) is 10.9. The van der Waals surface area contributed by atoms with Crippen LogP contribution in [-0.2, 0) is 10.0 Å². The molecule has 4 nitrogen and oxygen atoms in total. The first-order valence-corrected chi connectivity index (χ1v) is 6.61. The Morgan fingerprint density at radius 3 is 2.36 bits per heavy atom. The van der Waals surface area contributed by atoms with Crippen molar-refractivity contribution in [2.75, 3.05) is 7.05 Å². The van der Waals surface area contributed by atoms with Gasteiger partial charge in [-0.2, -0.15) is 0 Å². The Kier molecular flexibility index (Phi) is 3.28. The van der Waals surface area contributed by atoms with Crippen LogP contribution in [0.3, 0.4) is 0 Å². The molecule has 0 radical (unpaired) electrons. The molecule has 0 aliphatic carbocycles. The van der Waals surface area contributed by atoms with Gasteiger partial charge in [0.15, 0.2) is 0 Å². The second-order valence-corrected chi connectivity index (χ2v) is 6.53. The summed E-state index contributed by atoms with van der Waals surface area (Å²) in [5, 5.41) is 0.0688. The van der Waals surface area contributed by atoms with E-state index in [1.165, 1.54) is 18.4 Å². The number of sulfonamides is 1. The van der Waals surface area contributed by atoms with Crippen molar-refractivity contribution < 1.29 is 8.42 Å². The molecule has 0 bridgehead atoms. The van der Waals surface area contributed by atoms with Crippen molar-refractivity contribution in [3.8, 4) is 0 Å². The molecular weight excluding hydrogens is 220 g/mol. The van der Waals surface area contributed by atoms with Gasteiger partial charge >= 0.3 is 0 Å². The van der Waals surface area contributed by atoms with Crippen molar-refractivity contribution in [1.29, 1.82) is 0 Å². The first-order valence-electron chi connectivity index (χ1n) is 4.24. The van der Waals surface area contributed by atoms with Crippen LogP contribution in [0.5, 0.6) is 0 Å². The fourth-order valence-electron chi connectivity index (χ4n) is 0.981. The van der Waals surface area contributed by atoms with E-state index in [9.17, 15) is 8.42 Å². The average Bonchev–Trinajstić information content (AvgIpc) is 2.45. The first-order chi connectivity index (χ1) is 6.38. The molecular formula is C8H14N2O2S2. The van der Waals surface area contributed by atoms with Crippen LogP contribution in [0.25, 0.3) is 0 Å². The second kappa shape index (κ2) is 3.96. The largest absolute Gasteiger partial charge is 0.245 e. The maximum Gasteiger partial charge on any atom is 0.220 e. The number of aryl methyl sites for hydroxylation is 2. The summed E-state index contributed by atoms with van der Waals surface area (Å²) in [7, 11) is -1.84. The summed E-state index contributed by atoms with van der Waals surface area (Å²) in [6.45, 7) is 5.47. The quantitative estimate of drug-likeness (QED) is 0.859. The van der Waals surface area contributed by atoms with E-state index in [0.29, 0.717) is 5.01 Å². The van der Waals surface area contributed by atoms with E-state index in [1.54, 1.807) is 6.92 Å². The summed E-state index contributed by atoms with van der Waals surface area (Å²) in [6, 6.07) is 0. The number of rotatable bonds is 3. The lowest BCUT2D eigenvalue weighted by molar-refractivity contribution is 0.577. The van der Waals surface area contributed by atoms with Crippen LogP contribution in [0, 0.1) is 13.8 Å². The molecule has 0 aliphatic rings. The molecule has 1 unspecified atom stereocenters. The molecule has 1 rings (SSSR count). The summed E-state index contributed by atoms with van der Waals surface area (Å²) in [6.07, 6.45) is 0. The Morgan fingerprint density at radius 1 is 1.43 bits per heavy atom. The standard InChI is InChI=1S/C8H14N2O2S2/c1-5-6(2)13-8(10-5)7(3)14(11,12)9-4/h7,9H,1-4H3. The molecule has 0 amide bonds. The minimum atomic E-state index is -3.26. The molecule has 0 aromatic carbocycles. The maximum absolute atomic E-state index is 11.5. The van der Waals surface area contributed by atoms with Gasteiger partial charge in [-0.15, -0.1) is 11.3 Å². The van der Waals surface area contributed by atoms with Crippen molar-refractivity contribution in [2.45, 2.75) is 26.0 Å². The minimum absolute atomic E-state index is 0.579. The third-order valence-corrected chi connectivity index (χ3v) is 5.27. The number of aromatic nitrogens is 1. The lowest BCUT2D eigenvalue weighted by Crippen LogP contribution is -2.23. The molecule has 1 N–H and O–H groups in total. The van der Waals surface area contributed by atoms with Gasteiger partial charge in [0.1, 0.15) is 10.3 Å². The molecule has 14 heavy (non-hydrogen) atoms. The lowest BCUT2D eigenvalue weighted by Gasteiger charge is -2.07. The van der Waals surface area contributed by atoms with Crippen LogP contribution in [0.1, 0.15) is 27.8 Å². The second-order valence-electron chi connectivity index (χ2n) is 3.09. The monoisotopic (exact) mass is 234 g/mol. The van der Waals surface area contributed by atoms with Gasteiger partial charge in [0.25, 0.3) is 0 Å². The number of hydrogen-bond donors (Lipinski definition) is 1. The first kappa shape index (κ1) is 11.6. The van der Waals surface area contributed by atoms with Crippen molar-refractivity contribution >= 4 is 21.4 Å². The van der Waals surface area contributed by atoms with Crippen LogP contribution in [0.15, 0.2) is 0 Å². The number of thiazole rings is 1. The van der Waals surface area contributed by atoms with Gasteiger partial charge in [-0.1, -0.05) is 0 Å². The van der Waals surface area contributed by atoms with Crippen molar-refractivity contribution in [3.63, 3.8) is 0 Å². The highest BCUT2D eigenvalue weighted by Gasteiger charge is 2.24. The summed E-state index contributed by atoms with van der Waals surface area (Å²) in [5.41, 5.74) is 0.906. The summed E-state index contributed by atoms with van der Waals surface area (Å²) in [4.78, 5) is 5.29. The maximum atomic E-state index is 11.5. The summed E-state index contributed by atoms with van der Waals surface area (Å²) in [5.74, 6) is 0. The van der Waals surface area contributed by atoms with E-state index < -0.39 is 15.3 Å². The van der Waals surface area contributed by atoms with Gasteiger partial charge in [0, 0.05) is 4.88 Å². The van der Waals surface area contributed by atoms with Crippen LogP contribution in [-0.4, -0.2) is 20.4 Å². The Labute approximate surface area is 88.4 Å². The van der Waals surface area contributed by atoms with Crippen LogP contribution >= 0.6 is 11.3 Å². The molecule has 1 aromatic rings. The third kappa shape index (κ3) is 2.13. The van der Waals surface area contributed by atoms with E-state index in [1.807, 2.05) is 13.8 Å². The molecule has 0 fully saturated rings. The van der Waals surface area contributed by atoms with Crippen LogP contribution < -0.4 is 4.72 Å². The van der Waals surface area contributed by atoms with Gasteiger partial charge < -0.3 is 0 Å². The van der Waals surface area contributed by atoms with E-state index in [0.717, 1.165) is 10.6 Å². The number of hydrogen-bond acceptors (Lipinski definition) is 4. The van der Waals surface area contributed by atoms with Crippen LogP contribution in [0.2, 0.25) is 0 Å². The van der Waals surface area contributed by atoms with Crippen molar-refractivity contribution in [3.05, 3.63) is 15.6 Å². The minimum Gasteiger partial charge on any atom is -0.245 e. The average molecular weight is 234 g/mol.